The monoisotopic (exact) mass is 213 g/mol. The number of benzene rings is 1. The topological polar surface area (TPSA) is 20.5 Å². The van der Waals surface area contributed by atoms with Gasteiger partial charge in [0.15, 0.2) is 0 Å². The highest BCUT2D eigenvalue weighted by Gasteiger charge is 2.31. The van der Waals surface area contributed by atoms with Crippen LogP contribution in [0.3, 0.4) is 0 Å². The maximum Gasteiger partial charge on any atom is 0.396 e. The lowest BCUT2D eigenvalue weighted by Crippen LogP contribution is -2.16. The molecule has 1 unspecified atom stereocenters. The quantitative estimate of drug-likeness (QED) is 0.605. The van der Waals surface area contributed by atoms with Gasteiger partial charge < -0.3 is 4.74 Å². The average Bonchev–Trinajstić information content (AvgIpc) is 2.26. The van der Waals surface area contributed by atoms with Gasteiger partial charge in [-0.25, -0.2) is 0 Å². The van der Waals surface area contributed by atoms with Crippen LogP contribution in [-0.2, 0) is 4.42 Å². The lowest BCUT2D eigenvalue weighted by atomic mass is 10.0. The number of ether oxygens (including phenoxy) is 1. The average molecular weight is 213 g/mol. The first-order valence-corrected chi connectivity index (χ1v) is 5.46. The number of hydrogen-bond acceptors (Lipinski definition) is 1. The van der Waals surface area contributed by atoms with E-state index in [-0.39, 0.29) is 0 Å². The van der Waals surface area contributed by atoms with Crippen LogP contribution in [0.5, 0.6) is 11.5 Å². The van der Waals surface area contributed by atoms with Crippen molar-refractivity contribution < 1.29 is 9.16 Å². The summed E-state index contributed by atoms with van der Waals surface area (Å²) >= 11 is 0. The van der Waals surface area contributed by atoms with Gasteiger partial charge in [0, 0.05) is 6.08 Å². The summed E-state index contributed by atoms with van der Waals surface area (Å²) in [5.74, 6) is 3.62. The highest BCUT2D eigenvalue weighted by atomic mass is 16.5. The van der Waals surface area contributed by atoms with Gasteiger partial charge in [0.2, 0.25) is 11.5 Å². The van der Waals surface area contributed by atoms with E-state index in [4.69, 9.17) is 9.16 Å². The summed E-state index contributed by atoms with van der Waals surface area (Å²) in [6.45, 7) is 4.16. The van der Waals surface area contributed by atoms with Gasteiger partial charge in [-0.1, -0.05) is 19.1 Å². The maximum atomic E-state index is 5.81. The van der Waals surface area contributed by atoms with Gasteiger partial charge in [0.1, 0.15) is 0 Å². The van der Waals surface area contributed by atoms with Crippen molar-refractivity contribution in [1.82, 2.24) is 0 Å². The lowest BCUT2D eigenvalue weighted by molar-refractivity contribution is -0.370. The van der Waals surface area contributed by atoms with Crippen LogP contribution in [0.2, 0.25) is 0 Å². The lowest BCUT2D eigenvalue weighted by Gasteiger charge is -2.13. The molecule has 1 aromatic rings. The molecule has 0 radical (unpaired) electrons. The Hall–Kier alpha value is -1.83. The van der Waals surface area contributed by atoms with Crippen LogP contribution in [0.25, 0.3) is 0 Å². The molecule has 1 heterocycles. The Morgan fingerprint density at radius 2 is 2.19 bits per heavy atom. The van der Waals surface area contributed by atoms with Crippen molar-refractivity contribution in [2.75, 3.05) is 0 Å². The summed E-state index contributed by atoms with van der Waals surface area (Å²) in [5, 5.41) is 0. The molecule has 1 aliphatic heterocycles. The van der Waals surface area contributed by atoms with Crippen LogP contribution in [0.15, 0.2) is 42.2 Å². The fourth-order valence-electron chi connectivity index (χ4n) is 1.88. The second kappa shape index (κ2) is 3.34. The van der Waals surface area contributed by atoms with Crippen LogP contribution in [0, 0.1) is 12.8 Å². The number of fused-ring (bicyclic) bond motifs is 2. The van der Waals surface area contributed by atoms with Crippen molar-refractivity contribution in [2.24, 2.45) is 5.92 Å². The molecule has 0 saturated carbocycles. The molecule has 1 aliphatic carbocycles. The predicted octanol–water partition coefficient (Wildman–Crippen LogP) is 3.30. The number of hydrogen-bond donors (Lipinski definition) is 0. The van der Waals surface area contributed by atoms with E-state index in [1.165, 1.54) is 5.56 Å². The van der Waals surface area contributed by atoms with Crippen molar-refractivity contribution in [3.8, 4) is 11.5 Å². The Labute approximate surface area is 94.6 Å². The van der Waals surface area contributed by atoms with Crippen molar-refractivity contribution in [3.05, 3.63) is 47.7 Å². The first kappa shape index (κ1) is 9.40. The SMILES string of the molecule is Cc1ccc2c(c1)[O+]=C1C=CC(C)C=C1O2. The molecule has 0 bridgehead atoms. The fourth-order valence-corrected chi connectivity index (χ4v) is 1.88. The highest BCUT2D eigenvalue weighted by Crippen LogP contribution is 2.35. The Morgan fingerprint density at radius 3 is 3.06 bits per heavy atom. The van der Waals surface area contributed by atoms with E-state index in [1.807, 2.05) is 31.2 Å². The molecule has 0 saturated heterocycles. The van der Waals surface area contributed by atoms with Gasteiger partial charge in [0.25, 0.3) is 0 Å². The van der Waals surface area contributed by atoms with Crippen molar-refractivity contribution in [1.29, 1.82) is 0 Å². The normalized spacial score (nSPS) is 21.5. The van der Waals surface area contributed by atoms with Crippen LogP contribution in [0.1, 0.15) is 12.5 Å². The predicted molar refractivity (Wildman–Crippen MR) is 62.6 cm³/mol. The van der Waals surface area contributed by atoms with Gasteiger partial charge in [-0.3, -0.25) is 0 Å². The summed E-state index contributed by atoms with van der Waals surface area (Å²) in [6, 6.07) is 5.96. The van der Waals surface area contributed by atoms with Gasteiger partial charge in [-0.05, 0) is 30.5 Å². The Bertz CT molecular complexity index is 536. The molecule has 0 amide bonds. The second-order valence-corrected chi connectivity index (χ2v) is 4.27. The minimum Gasteiger partial charge on any atom is -0.438 e. The van der Waals surface area contributed by atoms with E-state index < -0.39 is 0 Å². The van der Waals surface area contributed by atoms with Gasteiger partial charge in [-0.15, -0.1) is 0 Å². The Morgan fingerprint density at radius 1 is 1.31 bits per heavy atom. The first-order chi connectivity index (χ1) is 7.72. The van der Waals surface area contributed by atoms with Crippen molar-refractivity contribution in [2.45, 2.75) is 13.8 Å². The third-order valence-corrected chi connectivity index (χ3v) is 2.75. The van der Waals surface area contributed by atoms with Gasteiger partial charge in [-0.2, -0.15) is 4.42 Å². The van der Waals surface area contributed by atoms with Crippen molar-refractivity contribution >= 4 is 5.78 Å². The van der Waals surface area contributed by atoms with Crippen LogP contribution < -0.4 is 4.74 Å². The highest BCUT2D eigenvalue weighted by molar-refractivity contribution is 6.04. The Balaban J connectivity index is 2.12. The largest absolute Gasteiger partial charge is 0.438 e. The molecule has 16 heavy (non-hydrogen) atoms. The molecule has 80 valence electrons. The number of rotatable bonds is 0. The number of ketones is 1. The summed E-state index contributed by atoms with van der Waals surface area (Å²) in [6.07, 6.45) is 6.15. The summed E-state index contributed by atoms with van der Waals surface area (Å²) in [4.78, 5) is 0. The number of allylic oxidation sites excluding steroid dienone is 3. The van der Waals surface area contributed by atoms with E-state index in [0.717, 1.165) is 23.0 Å². The standard InChI is InChI=1S/C14H13O2/c1-9-3-5-11-13(7-9)15-12-6-4-10(2)8-14(12)16-11/h3-9H,1-2H3/q+1. The van der Waals surface area contributed by atoms with E-state index in [9.17, 15) is 0 Å². The smallest absolute Gasteiger partial charge is 0.396 e. The third-order valence-electron chi connectivity index (χ3n) is 2.75. The third kappa shape index (κ3) is 1.47. The summed E-state index contributed by atoms with van der Waals surface area (Å²) < 4.78 is 11.6. The number of aryl methyl sites for hydroxylation is 1. The molecule has 0 fully saturated rings. The molecular weight excluding hydrogens is 200 g/mol. The number of carbonyl (C=O) groups excluding carboxylic acids is 1. The van der Waals surface area contributed by atoms with E-state index in [1.54, 1.807) is 0 Å². The van der Waals surface area contributed by atoms with Crippen LogP contribution in [0.4, 0.5) is 0 Å². The van der Waals surface area contributed by atoms with E-state index in [2.05, 4.69) is 19.1 Å². The zero-order valence-electron chi connectivity index (χ0n) is 9.36. The zero-order chi connectivity index (χ0) is 11.1. The molecule has 0 aromatic heterocycles. The minimum atomic E-state index is 0.398. The minimum absolute atomic E-state index is 0.398. The molecule has 2 nitrogen and oxygen atoms in total. The molecular formula is C14H13O2+. The molecule has 0 N–H and O–H groups in total. The zero-order valence-corrected chi connectivity index (χ0v) is 9.36. The van der Waals surface area contributed by atoms with Crippen LogP contribution >= 0.6 is 0 Å². The fraction of sp³-hybridized carbons (Fsp3) is 0.214. The molecule has 0 spiro atoms. The van der Waals surface area contributed by atoms with E-state index in [0.29, 0.717) is 5.92 Å². The van der Waals surface area contributed by atoms with Crippen molar-refractivity contribution in [3.63, 3.8) is 0 Å². The van der Waals surface area contributed by atoms with E-state index >= 15 is 0 Å². The van der Waals surface area contributed by atoms with Gasteiger partial charge in [0.05, 0.1) is 6.07 Å². The molecule has 2 aliphatic rings. The maximum absolute atomic E-state index is 5.81. The first-order valence-electron chi connectivity index (χ1n) is 5.46. The molecule has 2 heteroatoms. The summed E-state index contributed by atoms with van der Waals surface area (Å²) in [5.41, 5.74) is 1.17. The summed E-state index contributed by atoms with van der Waals surface area (Å²) in [7, 11) is 0. The van der Waals surface area contributed by atoms with Crippen LogP contribution in [-0.4, -0.2) is 5.78 Å². The molecule has 3 rings (SSSR count). The molecule has 1 aromatic carbocycles. The Kier molecular flexibility index (Phi) is 1.96. The second-order valence-electron chi connectivity index (χ2n) is 4.27. The van der Waals surface area contributed by atoms with Gasteiger partial charge >= 0.3 is 11.5 Å². The molecule has 1 atom stereocenters.